The zero-order valence-electron chi connectivity index (χ0n) is 42.6. The molecule has 0 spiro atoms. The predicted octanol–water partition coefficient (Wildman–Crippen LogP) is 14.3. The molecule has 2 aromatic heterocycles. The molecule has 0 amide bonds. The van der Waals surface area contributed by atoms with Crippen LogP contribution in [0.4, 0.5) is 0 Å². The first kappa shape index (κ1) is 32.3. The van der Waals surface area contributed by atoms with Crippen LogP contribution in [0.2, 0.25) is 0 Å². The zero-order chi connectivity index (χ0) is 47.8. The second-order valence-electron chi connectivity index (χ2n) is 17.1. The summed E-state index contributed by atoms with van der Waals surface area (Å²) in [4.78, 5) is 10.0. The van der Waals surface area contributed by atoms with Crippen molar-refractivity contribution in [2.24, 2.45) is 0 Å². The van der Waals surface area contributed by atoms with Gasteiger partial charge in [-0.05, 0) is 93.4 Å². The smallest absolute Gasteiger partial charge is 0.148 e. The maximum Gasteiger partial charge on any atom is 0.148 e. The molecule has 0 aliphatic carbocycles. The molecule has 300 valence electrons. The normalized spacial score (nSPS) is 14.2. The summed E-state index contributed by atoms with van der Waals surface area (Å²) in [7, 11) is 0. The van der Waals surface area contributed by atoms with Gasteiger partial charge in [0.1, 0.15) is 11.6 Å². The molecule has 0 fully saturated rings. The SMILES string of the molecule is [2H]c1c([2H])c(C([2H])([2H])[2H])c([2H])c([2H])c1-c1ccnc(-c2[c-]c(-c3cccc4c3nc(-c3ccccc3O)n4-c3ccc(-c4ccccc4C(C)(C)C)c(C([2H])(C)C)c3)cc(C(C)(C)C)c2)c1.[Pt]. The minimum atomic E-state index is -2.83. The molecule has 8 rings (SSSR count). The van der Waals surface area contributed by atoms with E-state index in [-0.39, 0.29) is 43.2 Å². The Morgan fingerprint density at radius 1 is 0.712 bits per heavy atom. The van der Waals surface area contributed by atoms with E-state index < -0.39 is 42.5 Å². The van der Waals surface area contributed by atoms with Crippen molar-refractivity contribution >= 4 is 11.0 Å². The minimum Gasteiger partial charge on any atom is -0.507 e. The van der Waals surface area contributed by atoms with Gasteiger partial charge in [0.25, 0.3) is 0 Å². The topological polar surface area (TPSA) is 50.9 Å². The van der Waals surface area contributed by atoms with Gasteiger partial charge in [0.05, 0.1) is 22.1 Å². The Hall–Kier alpha value is -5.57. The van der Waals surface area contributed by atoms with Gasteiger partial charge >= 0.3 is 0 Å². The van der Waals surface area contributed by atoms with Crippen LogP contribution in [0.1, 0.15) is 94.5 Å². The van der Waals surface area contributed by atoms with Crippen molar-refractivity contribution in [3.05, 3.63) is 168 Å². The molecular formula is C54H52N3OPt-. The predicted molar refractivity (Wildman–Crippen MR) is 243 cm³/mol. The fourth-order valence-electron chi connectivity index (χ4n) is 7.59. The molecule has 0 aliphatic heterocycles. The molecule has 59 heavy (non-hydrogen) atoms. The van der Waals surface area contributed by atoms with E-state index in [1.807, 2.05) is 60.9 Å². The molecular weight excluding hydrogens is 902 g/mol. The Morgan fingerprint density at radius 3 is 2.10 bits per heavy atom. The number of pyridine rings is 1. The molecule has 0 aliphatic rings. The van der Waals surface area contributed by atoms with Gasteiger partial charge in [-0.1, -0.05) is 157 Å². The molecule has 5 heteroatoms. The van der Waals surface area contributed by atoms with Crippen molar-refractivity contribution in [3.8, 4) is 67.5 Å². The Balaban J connectivity index is 0.00000666. The van der Waals surface area contributed by atoms with Crippen molar-refractivity contribution in [1.82, 2.24) is 14.5 Å². The second kappa shape index (κ2) is 16.2. The van der Waals surface area contributed by atoms with Crippen molar-refractivity contribution < 1.29 is 37.1 Å². The molecule has 0 unspecified atom stereocenters. The number of phenolic OH excluding ortho intramolecular Hbond substituents is 1. The fraction of sp³-hybridized carbons (Fsp3) is 0.222. The summed E-state index contributed by atoms with van der Waals surface area (Å²) in [5.74, 6) is -0.412. The number of para-hydroxylation sites is 2. The van der Waals surface area contributed by atoms with Crippen LogP contribution in [0.3, 0.4) is 0 Å². The fourth-order valence-corrected chi connectivity index (χ4v) is 7.59. The van der Waals surface area contributed by atoms with E-state index >= 15 is 0 Å². The van der Waals surface area contributed by atoms with Crippen molar-refractivity contribution in [3.63, 3.8) is 0 Å². The minimum absolute atomic E-state index is 0. The number of hydrogen-bond donors (Lipinski definition) is 1. The maximum absolute atomic E-state index is 11.4. The van der Waals surface area contributed by atoms with Crippen LogP contribution in [0.15, 0.2) is 140 Å². The van der Waals surface area contributed by atoms with Crippen LogP contribution in [-0.2, 0) is 31.9 Å². The van der Waals surface area contributed by atoms with Gasteiger partial charge < -0.3 is 5.11 Å². The Kier molecular flexibility index (Phi) is 8.89. The van der Waals surface area contributed by atoms with E-state index in [1.54, 1.807) is 24.3 Å². The van der Waals surface area contributed by atoms with E-state index in [9.17, 15) is 6.48 Å². The average molecular weight is 962 g/mol. The van der Waals surface area contributed by atoms with Crippen LogP contribution in [-0.4, -0.2) is 19.6 Å². The second-order valence-corrected chi connectivity index (χ2v) is 17.1. The summed E-state index contributed by atoms with van der Waals surface area (Å²) in [6.45, 7) is 13.9. The van der Waals surface area contributed by atoms with Gasteiger partial charge in [-0.25, -0.2) is 4.98 Å². The first-order chi connectivity index (χ1) is 30.9. The van der Waals surface area contributed by atoms with Gasteiger partial charge in [0.15, 0.2) is 0 Å². The molecule has 0 saturated heterocycles. The summed E-state index contributed by atoms with van der Waals surface area (Å²) in [6.07, 6.45) is 1.53. The number of fused-ring (bicyclic) bond motifs is 1. The van der Waals surface area contributed by atoms with E-state index in [4.69, 9.17) is 19.6 Å². The van der Waals surface area contributed by atoms with Crippen molar-refractivity contribution in [1.29, 1.82) is 0 Å². The van der Waals surface area contributed by atoms with Crippen LogP contribution in [0.5, 0.6) is 5.75 Å². The third-order valence-electron chi connectivity index (χ3n) is 10.6. The Bertz CT molecular complexity index is 3180. The molecule has 0 atom stereocenters. The average Bonchev–Trinajstić information content (AvgIpc) is 3.64. The van der Waals surface area contributed by atoms with Gasteiger partial charge in [-0.3, -0.25) is 9.55 Å². The summed E-state index contributed by atoms with van der Waals surface area (Å²) in [5, 5.41) is 11.4. The summed E-state index contributed by atoms with van der Waals surface area (Å²) < 4.78 is 69.7. The number of nitrogens with zero attached hydrogens (tertiary/aromatic N) is 3. The standard InChI is InChI=1S/C54H52N3O.Pt/c1-34(2)46-33-41(25-26-43(46)44-15-10-12-18-47(44)54(7,8)9)57-49-19-14-17-42(51(49)56-52(57)45-16-11-13-20-50(45)58)38-29-39(31-40(30-38)53(4,5)6)48-32-37(27-28-55-48)36-23-21-35(3)22-24-36;/h10-28,30-34,58H,1-9H3;/q-1;/i3D3,21D,22D,23D,24D,34D;. The largest absolute Gasteiger partial charge is 0.507 e. The van der Waals surface area contributed by atoms with E-state index in [1.165, 1.54) is 11.8 Å². The zero-order valence-corrected chi connectivity index (χ0v) is 36.8. The Morgan fingerprint density at radius 2 is 1.41 bits per heavy atom. The first-order valence-corrected chi connectivity index (χ1v) is 19.6. The molecule has 4 nitrogen and oxygen atoms in total. The number of aromatic hydroxyl groups is 1. The summed E-state index contributed by atoms with van der Waals surface area (Å²) >= 11 is 0. The molecule has 0 saturated carbocycles. The van der Waals surface area contributed by atoms with Crippen LogP contribution in [0.25, 0.3) is 72.7 Å². The number of aromatic nitrogens is 3. The molecule has 2 heterocycles. The molecule has 1 N–H and O–H groups in total. The van der Waals surface area contributed by atoms with E-state index in [2.05, 4.69) is 90.1 Å². The van der Waals surface area contributed by atoms with Crippen molar-refractivity contribution in [2.75, 3.05) is 0 Å². The molecule has 0 bridgehead atoms. The number of rotatable bonds is 7. The summed E-state index contributed by atoms with van der Waals surface area (Å²) in [5.41, 5.74) is 9.54. The first-order valence-electron chi connectivity index (χ1n) is 23.6. The van der Waals surface area contributed by atoms with Crippen LogP contribution >= 0.6 is 0 Å². The molecule has 8 aromatic rings. The van der Waals surface area contributed by atoms with E-state index in [0.29, 0.717) is 33.7 Å². The third kappa shape index (κ3) is 8.21. The third-order valence-corrected chi connectivity index (χ3v) is 10.6. The summed E-state index contributed by atoms with van der Waals surface area (Å²) in [6, 6.07) is 36.5. The number of imidazole rings is 1. The number of hydrogen-bond acceptors (Lipinski definition) is 3. The number of phenols is 1. The number of benzene rings is 6. The molecule has 0 radical (unpaired) electrons. The maximum atomic E-state index is 11.4. The monoisotopic (exact) mass is 961 g/mol. The van der Waals surface area contributed by atoms with Gasteiger partial charge in [-0.15, -0.1) is 29.3 Å². The quantitative estimate of drug-likeness (QED) is 0.162. The van der Waals surface area contributed by atoms with Gasteiger partial charge in [0.2, 0.25) is 0 Å². The van der Waals surface area contributed by atoms with Crippen molar-refractivity contribution in [2.45, 2.75) is 79.0 Å². The van der Waals surface area contributed by atoms with Crippen LogP contribution < -0.4 is 0 Å². The Labute approximate surface area is 375 Å². The van der Waals surface area contributed by atoms with Crippen LogP contribution in [0, 0.1) is 12.9 Å². The van der Waals surface area contributed by atoms with Gasteiger partial charge in [0, 0.05) is 44.1 Å². The van der Waals surface area contributed by atoms with E-state index in [0.717, 1.165) is 44.6 Å². The van der Waals surface area contributed by atoms with Gasteiger partial charge in [-0.2, -0.15) is 0 Å². The molecule has 6 aromatic carbocycles.